The van der Waals surface area contributed by atoms with Crippen LogP contribution in [-0.2, 0) is 16.0 Å². The summed E-state index contributed by atoms with van der Waals surface area (Å²) in [5.74, 6) is -0.438. The van der Waals surface area contributed by atoms with Crippen molar-refractivity contribution in [3.63, 3.8) is 0 Å². The third-order valence-corrected chi connectivity index (χ3v) is 4.21. The second-order valence-corrected chi connectivity index (χ2v) is 5.89. The van der Waals surface area contributed by atoms with Gasteiger partial charge in [0.05, 0.1) is 12.1 Å². The van der Waals surface area contributed by atoms with Gasteiger partial charge < -0.3 is 5.32 Å². The molecule has 3 rings (SSSR count). The molecule has 0 radical (unpaired) electrons. The Morgan fingerprint density at radius 2 is 1.83 bits per heavy atom. The highest BCUT2D eigenvalue weighted by atomic mass is 35.5. The number of halogens is 1. The van der Waals surface area contributed by atoms with Gasteiger partial charge >= 0.3 is 0 Å². The van der Waals surface area contributed by atoms with Gasteiger partial charge in [0.2, 0.25) is 5.91 Å². The molecule has 1 aliphatic heterocycles. The summed E-state index contributed by atoms with van der Waals surface area (Å²) in [7, 11) is 0. The van der Waals surface area contributed by atoms with Crippen LogP contribution in [-0.4, -0.2) is 17.9 Å². The van der Waals surface area contributed by atoms with Gasteiger partial charge in [-0.2, -0.15) is 0 Å². The molecule has 0 aliphatic carbocycles. The van der Waals surface area contributed by atoms with E-state index in [4.69, 9.17) is 11.6 Å². The minimum Gasteiger partial charge on any atom is -0.373 e. The Labute approximate surface area is 140 Å². The largest absolute Gasteiger partial charge is 0.373 e. The molecule has 0 saturated carbocycles. The summed E-state index contributed by atoms with van der Waals surface area (Å²) in [6.45, 7) is 2.06. The van der Waals surface area contributed by atoms with Crippen molar-refractivity contribution in [1.29, 1.82) is 0 Å². The van der Waals surface area contributed by atoms with Gasteiger partial charge in [-0.3, -0.25) is 9.59 Å². The zero-order chi connectivity index (χ0) is 16.4. The van der Waals surface area contributed by atoms with Crippen LogP contribution in [0.15, 0.2) is 48.5 Å². The fourth-order valence-electron chi connectivity index (χ4n) is 2.76. The lowest BCUT2D eigenvalue weighted by molar-refractivity contribution is -0.121. The normalized spacial score (nSPS) is 17.7. The summed E-state index contributed by atoms with van der Waals surface area (Å²) in [5, 5.41) is 3.78. The number of nitrogens with zero attached hydrogens (tertiary/aromatic N) is 1. The molecule has 1 heterocycles. The summed E-state index contributed by atoms with van der Waals surface area (Å²) in [6, 6.07) is 14.0. The van der Waals surface area contributed by atoms with Crippen molar-refractivity contribution in [2.24, 2.45) is 0 Å². The zero-order valence-electron chi connectivity index (χ0n) is 12.8. The van der Waals surface area contributed by atoms with Crippen LogP contribution in [0.1, 0.15) is 18.9 Å². The molecule has 1 atom stereocenters. The van der Waals surface area contributed by atoms with E-state index in [1.54, 1.807) is 24.3 Å². The molecule has 2 aromatic rings. The topological polar surface area (TPSA) is 49.4 Å². The van der Waals surface area contributed by atoms with E-state index in [0.29, 0.717) is 10.7 Å². The summed E-state index contributed by atoms with van der Waals surface area (Å²) in [5.41, 5.74) is 2.58. The highest BCUT2D eigenvalue weighted by Crippen LogP contribution is 2.27. The minimum atomic E-state index is -0.536. The average molecular weight is 329 g/mol. The second kappa shape index (κ2) is 6.42. The van der Waals surface area contributed by atoms with Gasteiger partial charge in [0.1, 0.15) is 6.04 Å². The number of benzene rings is 2. The van der Waals surface area contributed by atoms with Crippen LogP contribution in [0.4, 0.5) is 11.4 Å². The molecule has 2 amide bonds. The van der Waals surface area contributed by atoms with Crippen molar-refractivity contribution in [3.05, 3.63) is 59.1 Å². The van der Waals surface area contributed by atoms with Gasteiger partial charge in [-0.15, -0.1) is 0 Å². The van der Waals surface area contributed by atoms with Crippen molar-refractivity contribution in [3.8, 4) is 0 Å². The smallest absolute Gasteiger partial charge is 0.256 e. The first-order valence-electron chi connectivity index (χ1n) is 7.57. The lowest BCUT2D eigenvalue weighted by atomic mass is 10.1. The number of carbonyl (C=O) groups is 2. The monoisotopic (exact) mass is 328 g/mol. The molecule has 1 aliphatic rings. The van der Waals surface area contributed by atoms with Gasteiger partial charge in [-0.1, -0.05) is 36.7 Å². The van der Waals surface area contributed by atoms with E-state index in [2.05, 4.69) is 12.2 Å². The van der Waals surface area contributed by atoms with Crippen molar-refractivity contribution in [2.45, 2.75) is 25.8 Å². The summed E-state index contributed by atoms with van der Waals surface area (Å²) in [6.07, 6.45) is 1.01. The number of hydrogen-bond acceptors (Lipinski definition) is 3. The van der Waals surface area contributed by atoms with Crippen molar-refractivity contribution < 1.29 is 9.59 Å². The molecule has 1 saturated heterocycles. The Kier molecular flexibility index (Phi) is 4.35. The van der Waals surface area contributed by atoms with Crippen LogP contribution in [0.25, 0.3) is 0 Å². The number of nitrogens with one attached hydrogen (secondary N) is 1. The highest BCUT2D eigenvalue weighted by molar-refractivity contribution is 6.30. The Bertz CT molecular complexity index is 743. The second-order valence-electron chi connectivity index (χ2n) is 5.46. The van der Waals surface area contributed by atoms with Crippen LogP contribution in [0, 0.1) is 0 Å². The van der Waals surface area contributed by atoms with Crippen LogP contribution in [0.2, 0.25) is 5.02 Å². The lowest BCUT2D eigenvalue weighted by Crippen LogP contribution is -2.34. The molecule has 5 heteroatoms. The van der Waals surface area contributed by atoms with Crippen LogP contribution in [0.5, 0.6) is 0 Å². The Hall–Kier alpha value is -2.33. The van der Waals surface area contributed by atoms with E-state index in [0.717, 1.165) is 17.7 Å². The number of rotatable bonds is 4. The number of carbonyl (C=O) groups excluding carboxylic acids is 2. The first-order valence-corrected chi connectivity index (χ1v) is 7.94. The molecular formula is C18H17ClN2O2. The fourth-order valence-corrected chi connectivity index (χ4v) is 2.89. The number of aryl methyl sites for hydroxylation is 1. The molecule has 0 unspecified atom stereocenters. The predicted molar refractivity (Wildman–Crippen MR) is 91.8 cm³/mol. The molecule has 4 nitrogen and oxygen atoms in total. The van der Waals surface area contributed by atoms with Gasteiger partial charge in [0.15, 0.2) is 0 Å². The number of hydrogen-bond donors (Lipinski definition) is 1. The van der Waals surface area contributed by atoms with Gasteiger partial charge in [-0.25, -0.2) is 4.90 Å². The number of para-hydroxylation sites is 1. The predicted octanol–water partition coefficient (Wildman–Crippen LogP) is 3.65. The molecular weight excluding hydrogens is 312 g/mol. The third-order valence-electron chi connectivity index (χ3n) is 3.96. The van der Waals surface area contributed by atoms with E-state index in [1.165, 1.54) is 4.90 Å². The highest BCUT2D eigenvalue weighted by Gasteiger charge is 2.39. The average Bonchev–Trinajstić information content (AvgIpc) is 2.83. The quantitative estimate of drug-likeness (QED) is 0.872. The fraction of sp³-hybridized carbons (Fsp3) is 0.222. The summed E-state index contributed by atoms with van der Waals surface area (Å²) in [4.78, 5) is 26.1. The van der Waals surface area contributed by atoms with Crippen LogP contribution in [0.3, 0.4) is 0 Å². The molecule has 0 spiro atoms. The first kappa shape index (κ1) is 15.6. The molecule has 0 aromatic heterocycles. The SMILES string of the molecule is CCc1ccccc1N[C@H]1CC(=O)N(c2ccc(Cl)cc2)C1=O. The van der Waals surface area contributed by atoms with E-state index in [1.807, 2.05) is 24.3 Å². The molecule has 1 fully saturated rings. The maximum Gasteiger partial charge on any atom is 0.256 e. The van der Waals surface area contributed by atoms with Gasteiger partial charge in [0, 0.05) is 10.7 Å². The third kappa shape index (κ3) is 3.08. The lowest BCUT2D eigenvalue weighted by Gasteiger charge is -2.17. The van der Waals surface area contributed by atoms with E-state index >= 15 is 0 Å². The zero-order valence-corrected chi connectivity index (χ0v) is 13.5. The van der Waals surface area contributed by atoms with Crippen LogP contribution >= 0.6 is 11.6 Å². The minimum absolute atomic E-state index is 0.152. The first-order chi connectivity index (χ1) is 11.1. The molecule has 2 aromatic carbocycles. The van der Waals surface area contributed by atoms with E-state index in [9.17, 15) is 9.59 Å². The van der Waals surface area contributed by atoms with Crippen molar-refractivity contribution >= 4 is 34.8 Å². The molecule has 23 heavy (non-hydrogen) atoms. The number of amides is 2. The Morgan fingerprint density at radius 3 is 2.52 bits per heavy atom. The van der Waals surface area contributed by atoms with E-state index in [-0.39, 0.29) is 18.2 Å². The maximum atomic E-state index is 12.6. The van der Waals surface area contributed by atoms with Gasteiger partial charge in [0.25, 0.3) is 5.91 Å². The standard InChI is InChI=1S/C18H17ClN2O2/c1-2-12-5-3-4-6-15(12)20-16-11-17(22)21(18(16)23)14-9-7-13(19)8-10-14/h3-10,16,20H,2,11H2,1H3/t16-/m0/s1. The Morgan fingerprint density at radius 1 is 1.13 bits per heavy atom. The molecule has 0 bridgehead atoms. The van der Waals surface area contributed by atoms with Crippen LogP contribution < -0.4 is 10.2 Å². The molecule has 118 valence electrons. The van der Waals surface area contributed by atoms with Gasteiger partial charge in [-0.05, 0) is 42.3 Å². The maximum absolute atomic E-state index is 12.6. The summed E-state index contributed by atoms with van der Waals surface area (Å²) < 4.78 is 0. The van der Waals surface area contributed by atoms with Crippen molar-refractivity contribution in [1.82, 2.24) is 0 Å². The molecule has 1 N–H and O–H groups in total. The summed E-state index contributed by atoms with van der Waals surface area (Å²) >= 11 is 5.86. The van der Waals surface area contributed by atoms with Crippen molar-refractivity contribution in [2.75, 3.05) is 10.2 Å². The van der Waals surface area contributed by atoms with E-state index < -0.39 is 6.04 Å². The number of anilines is 2. The Balaban J connectivity index is 1.82. The number of imide groups is 1.